The third-order valence-electron chi connectivity index (χ3n) is 5.22. The summed E-state index contributed by atoms with van der Waals surface area (Å²) in [6.45, 7) is 0. The van der Waals surface area contributed by atoms with E-state index in [1.54, 1.807) is 0 Å². The second-order valence-corrected chi connectivity index (χ2v) is 6.66. The Bertz CT molecular complexity index is 328. The summed E-state index contributed by atoms with van der Waals surface area (Å²) in [5, 5.41) is 0. The normalized spacial score (nSPS) is 24.0. The highest BCUT2D eigenvalue weighted by atomic mass is 16.3. The van der Waals surface area contributed by atoms with Crippen molar-refractivity contribution in [2.45, 2.75) is 88.9 Å². The van der Waals surface area contributed by atoms with Gasteiger partial charge in [-0.05, 0) is 43.2 Å². The molecular formula is C18H28O. The molecule has 0 N–H and O–H groups in total. The molecule has 1 nitrogen and oxygen atoms in total. The fourth-order valence-electron chi connectivity index (χ4n) is 3.97. The fourth-order valence-corrected chi connectivity index (χ4v) is 3.97. The minimum atomic E-state index is 0.710. The topological polar surface area (TPSA) is 13.1 Å². The molecule has 0 unspecified atom stereocenters. The molecule has 0 radical (unpaired) electrons. The lowest BCUT2D eigenvalue weighted by atomic mass is 9.91. The Kier molecular flexibility index (Phi) is 4.63. The van der Waals surface area contributed by atoms with Crippen molar-refractivity contribution in [3.63, 3.8) is 0 Å². The molecule has 0 aliphatic heterocycles. The van der Waals surface area contributed by atoms with Crippen molar-refractivity contribution in [2.75, 3.05) is 0 Å². The van der Waals surface area contributed by atoms with Crippen LogP contribution in [-0.2, 0) is 0 Å². The van der Waals surface area contributed by atoms with Crippen LogP contribution in [0.3, 0.4) is 0 Å². The van der Waals surface area contributed by atoms with Crippen molar-refractivity contribution in [1.29, 1.82) is 0 Å². The van der Waals surface area contributed by atoms with E-state index in [9.17, 15) is 0 Å². The third-order valence-corrected chi connectivity index (χ3v) is 5.22. The zero-order valence-corrected chi connectivity index (χ0v) is 12.2. The fraction of sp³-hybridized carbons (Fsp3) is 0.778. The minimum absolute atomic E-state index is 0.710. The standard InChI is InChI=1S/C18H28O/c1-2-6-10-15(9-5-1)17-13-18(19-14-17)16-11-7-3-4-8-12-16/h13-16H,1-12H2. The van der Waals surface area contributed by atoms with Gasteiger partial charge in [-0.2, -0.15) is 0 Å². The summed E-state index contributed by atoms with van der Waals surface area (Å²) in [6.07, 6.45) is 18.9. The van der Waals surface area contributed by atoms with E-state index in [1.165, 1.54) is 88.4 Å². The maximum Gasteiger partial charge on any atom is 0.107 e. The van der Waals surface area contributed by atoms with Crippen LogP contribution < -0.4 is 0 Å². The molecule has 2 aliphatic carbocycles. The highest BCUT2D eigenvalue weighted by molar-refractivity contribution is 5.20. The zero-order valence-electron chi connectivity index (χ0n) is 12.2. The van der Waals surface area contributed by atoms with Gasteiger partial charge in [-0.15, -0.1) is 0 Å². The van der Waals surface area contributed by atoms with E-state index in [0.29, 0.717) is 5.92 Å². The molecule has 1 heterocycles. The summed E-state index contributed by atoms with van der Waals surface area (Å²) in [7, 11) is 0. The van der Waals surface area contributed by atoms with Gasteiger partial charge in [-0.25, -0.2) is 0 Å². The largest absolute Gasteiger partial charge is 0.469 e. The first-order valence-corrected chi connectivity index (χ1v) is 8.52. The number of hydrogen-bond donors (Lipinski definition) is 0. The van der Waals surface area contributed by atoms with Crippen molar-refractivity contribution in [3.8, 4) is 0 Å². The van der Waals surface area contributed by atoms with E-state index in [-0.39, 0.29) is 0 Å². The van der Waals surface area contributed by atoms with E-state index >= 15 is 0 Å². The monoisotopic (exact) mass is 260 g/mol. The summed E-state index contributed by atoms with van der Waals surface area (Å²) in [4.78, 5) is 0. The molecule has 0 spiro atoms. The first-order valence-electron chi connectivity index (χ1n) is 8.52. The summed E-state index contributed by atoms with van der Waals surface area (Å²) in [5.74, 6) is 2.79. The van der Waals surface area contributed by atoms with Gasteiger partial charge >= 0.3 is 0 Å². The molecule has 0 aromatic carbocycles. The van der Waals surface area contributed by atoms with E-state index < -0.39 is 0 Å². The molecule has 19 heavy (non-hydrogen) atoms. The lowest BCUT2D eigenvalue weighted by Crippen LogP contribution is -1.97. The molecule has 2 saturated carbocycles. The smallest absolute Gasteiger partial charge is 0.107 e. The average Bonchev–Trinajstić information content (AvgIpc) is 2.67. The van der Waals surface area contributed by atoms with Gasteiger partial charge in [0, 0.05) is 5.92 Å². The van der Waals surface area contributed by atoms with Crippen molar-refractivity contribution in [3.05, 3.63) is 23.7 Å². The zero-order chi connectivity index (χ0) is 12.9. The molecule has 0 atom stereocenters. The lowest BCUT2D eigenvalue weighted by Gasteiger charge is -2.12. The first kappa shape index (κ1) is 13.3. The van der Waals surface area contributed by atoms with Gasteiger partial charge in [0.1, 0.15) is 5.76 Å². The maximum atomic E-state index is 5.95. The maximum absolute atomic E-state index is 5.95. The lowest BCUT2D eigenvalue weighted by molar-refractivity contribution is 0.432. The minimum Gasteiger partial charge on any atom is -0.469 e. The van der Waals surface area contributed by atoms with Crippen molar-refractivity contribution >= 4 is 0 Å². The molecule has 0 bridgehead atoms. The predicted octanol–water partition coefficient (Wildman–Crippen LogP) is 6.16. The van der Waals surface area contributed by atoms with Crippen LogP contribution in [0.15, 0.2) is 16.7 Å². The van der Waals surface area contributed by atoms with Gasteiger partial charge in [0.2, 0.25) is 0 Å². The quantitative estimate of drug-likeness (QED) is 0.581. The van der Waals surface area contributed by atoms with Gasteiger partial charge < -0.3 is 4.42 Å². The molecule has 0 saturated heterocycles. The van der Waals surface area contributed by atoms with Gasteiger partial charge in [-0.1, -0.05) is 51.4 Å². The van der Waals surface area contributed by atoms with Crippen LogP contribution in [0, 0.1) is 0 Å². The van der Waals surface area contributed by atoms with Crippen LogP contribution in [0.25, 0.3) is 0 Å². The molecule has 1 aromatic rings. The summed E-state index contributed by atoms with van der Waals surface area (Å²) in [6, 6.07) is 2.41. The van der Waals surface area contributed by atoms with Gasteiger partial charge in [0.25, 0.3) is 0 Å². The Hall–Kier alpha value is -0.720. The molecule has 2 fully saturated rings. The van der Waals surface area contributed by atoms with Crippen LogP contribution >= 0.6 is 0 Å². The van der Waals surface area contributed by atoms with Crippen molar-refractivity contribution in [1.82, 2.24) is 0 Å². The molecule has 1 heteroatoms. The third kappa shape index (κ3) is 3.43. The number of furan rings is 1. The van der Waals surface area contributed by atoms with Crippen LogP contribution in [0.2, 0.25) is 0 Å². The first-order chi connectivity index (χ1) is 9.43. The van der Waals surface area contributed by atoms with E-state index in [2.05, 4.69) is 12.3 Å². The highest BCUT2D eigenvalue weighted by Gasteiger charge is 2.21. The predicted molar refractivity (Wildman–Crippen MR) is 79.6 cm³/mol. The summed E-state index contributed by atoms with van der Waals surface area (Å²) in [5.41, 5.74) is 1.50. The SMILES string of the molecule is c1oc(C2CCCCCC2)cc1C1CCCCCC1. The van der Waals surface area contributed by atoms with E-state index in [4.69, 9.17) is 4.42 Å². The molecule has 1 aromatic heterocycles. The second kappa shape index (κ2) is 6.63. The van der Waals surface area contributed by atoms with Crippen molar-refractivity contribution < 1.29 is 4.42 Å². The van der Waals surface area contributed by atoms with E-state index in [1.807, 2.05) is 0 Å². The highest BCUT2D eigenvalue weighted by Crippen LogP contribution is 2.37. The van der Waals surface area contributed by atoms with Crippen LogP contribution in [0.1, 0.15) is 100 Å². The molecular weight excluding hydrogens is 232 g/mol. The molecule has 0 amide bonds. The van der Waals surface area contributed by atoms with Crippen LogP contribution in [0.5, 0.6) is 0 Å². The van der Waals surface area contributed by atoms with Crippen LogP contribution in [0.4, 0.5) is 0 Å². The molecule has 2 aliphatic rings. The van der Waals surface area contributed by atoms with Gasteiger partial charge in [-0.3, -0.25) is 0 Å². The Balaban J connectivity index is 1.67. The Morgan fingerprint density at radius 2 is 1.21 bits per heavy atom. The van der Waals surface area contributed by atoms with Gasteiger partial charge in [0.05, 0.1) is 6.26 Å². The number of rotatable bonds is 2. The average molecular weight is 260 g/mol. The Morgan fingerprint density at radius 3 is 1.79 bits per heavy atom. The number of hydrogen-bond acceptors (Lipinski definition) is 1. The van der Waals surface area contributed by atoms with Gasteiger partial charge in [0.15, 0.2) is 0 Å². The second-order valence-electron chi connectivity index (χ2n) is 6.66. The van der Waals surface area contributed by atoms with Crippen LogP contribution in [-0.4, -0.2) is 0 Å². The Labute approximate surface area is 117 Å². The molecule has 3 rings (SSSR count). The van der Waals surface area contributed by atoms with Crippen molar-refractivity contribution in [2.24, 2.45) is 0 Å². The van der Waals surface area contributed by atoms with E-state index in [0.717, 1.165) is 5.92 Å². The Morgan fingerprint density at radius 1 is 0.684 bits per heavy atom. The summed E-state index contributed by atoms with van der Waals surface area (Å²) < 4.78 is 5.95. The summed E-state index contributed by atoms with van der Waals surface area (Å²) >= 11 is 0. The molecule has 106 valence electrons.